The van der Waals surface area contributed by atoms with Crippen molar-refractivity contribution in [1.29, 1.82) is 0 Å². The molecule has 0 aliphatic rings. The zero-order valence-electron chi connectivity index (χ0n) is 9.96. The molecular formula is C12H15N5. The van der Waals surface area contributed by atoms with Crippen molar-refractivity contribution in [3.05, 3.63) is 35.9 Å². The fourth-order valence-corrected chi connectivity index (χ4v) is 1.46. The fraction of sp³-hybridized carbons (Fsp3) is 0.333. The van der Waals surface area contributed by atoms with Crippen LogP contribution in [0.4, 0.5) is 0 Å². The zero-order chi connectivity index (χ0) is 12.3. The second-order valence-electron chi connectivity index (χ2n) is 4.18. The summed E-state index contributed by atoms with van der Waals surface area (Å²) in [5.41, 5.74) is 7.75. The van der Waals surface area contributed by atoms with Crippen molar-refractivity contribution in [2.45, 2.75) is 26.3 Å². The number of nitrogens with zero attached hydrogens (tertiary/aromatic N) is 4. The van der Waals surface area contributed by atoms with E-state index in [-0.39, 0.29) is 6.04 Å². The maximum absolute atomic E-state index is 5.71. The highest BCUT2D eigenvalue weighted by molar-refractivity contribution is 5.41. The molecule has 1 atom stereocenters. The Hall–Kier alpha value is -1.88. The molecule has 5 nitrogen and oxygen atoms in total. The Morgan fingerprint density at radius 2 is 1.47 bits per heavy atom. The number of hydrogen-bond donors (Lipinski definition) is 1. The molecule has 5 heteroatoms. The van der Waals surface area contributed by atoms with Crippen LogP contribution in [0.5, 0.6) is 0 Å². The smallest absolute Gasteiger partial charge is 0.197 e. The lowest BCUT2D eigenvalue weighted by Gasteiger charge is -2.04. The lowest BCUT2D eigenvalue weighted by atomic mass is 10.1. The fourth-order valence-electron chi connectivity index (χ4n) is 1.46. The second-order valence-corrected chi connectivity index (χ2v) is 4.18. The van der Waals surface area contributed by atoms with Crippen molar-refractivity contribution in [3.8, 4) is 11.6 Å². The Morgan fingerprint density at radius 3 is 1.94 bits per heavy atom. The van der Waals surface area contributed by atoms with E-state index in [4.69, 9.17) is 5.73 Å². The summed E-state index contributed by atoms with van der Waals surface area (Å²) >= 11 is 0. The van der Waals surface area contributed by atoms with Crippen LogP contribution in [-0.2, 0) is 6.42 Å². The normalized spacial score (nSPS) is 12.4. The maximum atomic E-state index is 5.71. The average Bonchev–Trinajstić information content (AvgIpc) is 2.30. The molecule has 0 saturated heterocycles. The predicted molar refractivity (Wildman–Crippen MR) is 65.1 cm³/mol. The van der Waals surface area contributed by atoms with Gasteiger partial charge in [-0.1, -0.05) is 0 Å². The molecular weight excluding hydrogens is 214 g/mol. The van der Waals surface area contributed by atoms with Crippen LogP contribution in [-0.4, -0.2) is 26.0 Å². The van der Waals surface area contributed by atoms with Crippen molar-refractivity contribution in [2.24, 2.45) is 5.73 Å². The van der Waals surface area contributed by atoms with E-state index in [2.05, 4.69) is 19.9 Å². The molecule has 2 rings (SSSR count). The molecule has 0 aromatic carbocycles. The SMILES string of the molecule is Cc1cnc(-c2ncc(CC(C)N)cn2)nc1. The standard InChI is InChI=1S/C12H15N5/c1-8-4-14-11(15-5-8)12-16-6-10(7-17-12)3-9(2)13/h4-7,9H,3,13H2,1-2H3. The van der Waals surface area contributed by atoms with Gasteiger partial charge in [-0.15, -0.1) is 0 Å². The van der Waals surface area contributed by atoms with E-state index in [0.717, 1.165) is 17.5 Å². The number of aryl methyl sites for hydroxylation is 1. The van der Waals surface area contributed by atoms with E-state index in [1.165, 1.54) is 0 Å². The van der Waals surface area contributed by atoms with Crippen molar-refractivity contribution < 1.29 is 0 Å². The lowest BCUT2D eigenvalue weighted by molar-refractivity contribution is 0.732. The molecule has 1 unspecified atom stereocenters. The molecule has 2 aromatic rings. The van der Waals surface area contributed by atoms with Crippen LogP contribution in [0.15, 0.2) is 24.8 Å². The van der Waals surface area contributed by atoms with Gasteiger partial charge in [0.05, 0.1) is 0 Å². The predicted octanol–water partition coefficient (Wildman–Crippen LogP) is 1.13. The van der Waals surface area contributed by atoms with Gasteiger partial charge in [-0.25, -0.2) is 19.9 Å². The third kappa shape index (κ3) is 3.04. The van der Waals surface area contributed by atoms with E-state index in [9.17, 15) is 0 Å². The van der Waals surface area contributed by atoms with Crippen LogP contribution >= 0.6 is 0 Å². The molecule has 2 aromatic heterocycles. The van der Waals surface area contributed by atoms with Gasteiger partial charge in [0.1, 0.15) is 0 Å². The van der Waals surface area contributed by atoms with Crippen LogP contribution in [0, 0.1) is 6.92 Å². The summed E-state index contributed by atoms with van der Waals surface area (Å²) in [7, 11) is 0. The van der Waals surface area contributed by atoms with Gasteiger partial charge in [-0.2, -0.15) is 0 Å². The summed E-state index contributed by atoms with van der Waals surface area (Å²) in [4.78, 5) is 16.8. The van der Waals surface area contributed by atoms with Crippen LogP contribution in [0.2, 0.25) is 0 Å². The molecule has 0 spiro atoms. The first-order valence-corrected chi connectivity index (χ1v) is 5.50. The topological polar surface area (TPSA) is 77.6 Å². The molecule has 0 radical (unpaired) electrons. The van der Waals surface area contributed by atoms with Crippen molar-refractivity contribution in [2.75, 3.05) is 0 Å². The highest BCUT2D eigenvalue weighted by Crippen LogP contribution is 2.08. The van der Waals surface area contributed by atoms with Gasteiger partial charge < -0.3 is 5.73 Å². The molecule has 88 valence electrons. The minimum Gasteiger partial charge on any atom is -0.328 e. The van der Waals surface area contributed by atoms with Crippen molar-refractivity contribution >= 4 is 0 Å². The number of rotatable bonds is 3. The Balaban J connectivity index is 2.20. The first-order valence-electron chi connectivity index (χ1n) is 5.50. The van der Waals surface area contributed by atoms with Gasteiger partial charge in [-0.3, -0.25) is 0 Å². The summed E-state index contributed by atoms with van der Waals surface area (Å²) in [6.07, 6.45) is 7.82. The summed E-state index contributed by atoms with van der Waals surface area (Å²) in [5, 5.41) is 0. The van der Waals surface area contributed by atoms with Gasteiger partial charge in [0, 0.05) is 30.8 Å². The average molecular weight is 229 g/mol. The molecule has 0 aliphatic carbocycles. The number of aromatic nitrogens is 4. The van der Waals surface area contributed by atoms with Crippen LogP contribution < -0.4 is 5.73 Å². The van der Waals surface area contributed by atoms with Gasteiger partial charge >= 0.3 is 0 Å². The molecule has 2 N–H and O–H groups in total. The van der Waals surface area contributed by atoms with E-state index >= 15 is 0 Å². The summed E-state index contributed by atoms with van der Waals surface area (Å²) in [5.74, 6) is 1.08. The van der Waals surface area contributed by atoms with Crippen LogP contribution in [0.25, 0.3) is 11.6 Å². The molecule has 17 heavy (non-hydrogen) atoms. The van der Waals surface area contributed by atoms with E-state index in [0.29, 0.717) is 11.6 Å². The highest BCUT2D eigenvalue weighted by Gasteiger charge is 2.05. The number of nitrogens with two attached hydrogens (primary N) is 1. The van der Waals surface area contributed by atoms with E-state index in [1.807, 2.05) is 13.8 Å². The van der Waals surface area contributed by atoms with Crippen LogP contribution in [0.3, 0.4) is 0 Å². The lowest BCUT2D eigenvalue weighted by Crippen LogP contribution is -2.18. The van der Waals surface area contributed by atoms with E-state index in [1.54, 1.807) is 24.8 Å². The highest BCUT2D eigenvalue weighted by atomic mass is 15.0. The number of hydrogen-bond acceptors (Lipinski definition) is 5. The van der Waals surface area contributed by atoms with Gasteiger partial charge in [-0.05, 0) is 31.4 Å². The Labute approximate surface area is 100 Å². The quantitative estimate of drug-likeness (QED) is 0.853. The molecule has 0 saturated carbocycles. The minimum atomic E-state index is 0.111. The van der Waals surface area contributed by atoms with Crippen LogP contribution in [0.1, 0.15) is 18.1 Å². The Kier molecular flexibility index (Phi) is 3.39. The third-order valence-corrected chi connectivity index (χ3v) is 2.24. The van der Waals surface area contributed by atoms with Crippen molar-refractivity contribution in [1.82, 2.24) is 19.9 Å². The largest absolute Gasteiger partial charge is 0.328 e. The minimum absolute atomic E-state index is 0.111. The molecule has 0 fully saturated rings. The first-order chi connectivity index (χ1) is 8.15. The summed E-state index contributed by atoms with van der Waals surface area (Å²) in [6.45, 7) is 3.90. The second kappa shape index (κ2) is 4.97. The monoisotopic (exact) mass is 229 g/mol. The maximum Gasteiger partial charge on any atom is 0.197 e. The molecule has 0 bridgehead atoms. The Morgan fingerprint density at radius 1 is 1.00 bits per heavy atom. The van der Waals surface area contributed by atoms with Gasteiger partial charge in [0.2, 0.25) is 0 Å². The van der Waals surface area contributed by atoms with Gasteiger partial charge in [0.15, 0.2) is 11.6 Å². The zero-order valence-corrected chi connectivity index (χ0v) is 9.96. The first kappa shape index (κ1) is 11.6. The molecule has 2 heterocycles. The third-order valence-electron chi connectivity index (χ3n) is 2.24. The van der Waals surface area contributed by atoms with Gasteiger partial charge in [0.25, 0.3) is 0 Å². The summed E-state index contributed by atoms with van der Waals surface area (Å²) in [6, 6.07) is 0.111. The van der Waals surface area contributed by atoms with Crippen molar-refractivity contribution in [3.63, 3.8) is 0 Å². The summed E-state index contributed by atoms with van der Waals surface area (Å²) < 4.78 is 0. The molecule has 0 aliphatic heterocycles. The Bertz CT molecular complexity index is 475. The van der Waals surface area contributed by atoms with E-state index < -0.39 is 0 Å². The molecule has 0 amide bonds.